The van der Waals surface area contributed by atoms with Crippen LogP contribution in [0.4, 0.5) is 5.69 Å². The summed E-state index contributed by atoms with van der Waals surface area (Å²) in [5, 5.41) is 9.03. The van der Waals surface area contributed by atoms with Crippen LogP contribution in [0.2, 0.25) is 9.36 Å². The Hall–Kier alpha value is -1.28. The lowest BCUT2D eigenvalue weighted by molar-refractivity contribution is 0.0698. The van der Waals surface area contributed by atoms with E-state index in [2.05, 4.69) is 4.72 Å². The summed E-state index contributed by atoms with van der Waals surface area (Å²) in [5.41, 5.74) is -0.407. The third-order valence-corrected chi connectivity index (χ3v) is 5.69. The van der Waals surface area contributed by atoms with E-state index in [0.29, 0.717) is 4.34 Å². The highest BCUT2D eigenvalue weighted by Crippen LogP contribution is 2.30. The zero-order valence-corrected chi connectivity index (χ0v) is 12.8. The number of anilines is 1. The Kier molecular flexibility index (Phi) is 4.24. The molecule has 0 atom stereocenters. The maximum atomic E-state index is 12.1. The molecule has 0 saturated heterocycles. The maximum absolute atomic E-state index is 12.1. The monoisotopic (exact) mass is 351 g/mol. The largest absolute Gasteiger partial charge is 0.478 e. The average Bonchev–Trinajstić information content (AvgIpc) is 2.75. The molecule has 2 N–H and O–H groups in total. The lowest BCUT2D eigenvalue weighted by Gasteiger charge is -2.10. The van der Waals surface area contributed by atoms with Gasteiger partial charge in [0.1, 0.15) is 9.77 Å². The zero-order valence-electron chi connectivity index (χ0n) is 9.63. The summed E-state index contributed by atoms with van der Waals surface area (Å²) < 4.78 is 26.7. The van der Waals surface area contributed by atoms with E-state index in [4.69, 9.17) is 28.3 Å². The zero-order chi connectivity index (χ0) is 14.9. The standard InChI is InChI=1S/C11H7Cl2NO4S2/c12-6-2-1-3-7(10(6)11(15)16)14-20(17,18)9-5-4-8(13)19-9/h1-5,14H,(H,15,16). The summed E-state index contributed by atoms with van der Waals surface area (Å²) in [7, 11) is -3.90. The molecule has 2 aromatic rings. The van der Waals surface area contributed by atoms with E-state index in [-0.39, 0.29) is 20.5 Å². The van der Waals surface area contributed by atoms with E-state index >= 15 is 0 Å². The Morgan fingerprint density at radius 1 is 1.20 bits per heavy atom. The first-order valence-electron chi connectivity index (χ1n) is 5.11. The Labute approximate surface area is 128 Å². The number of carboxylic acid groups (broad SMARTS) is 1. The molecule has 0 spiro atoms. The van der Waals surface area contributed by atoms with Gasteiger partial charge in [0.25, 0.3) is 10.0 Å². The van der Waals surface area contributed by atoms with Crippen LogP contribution in [0.1, 0.15) is 10.4 Å². The Morgan fingerprint density at radius 2 is 1.90 bits per heavy atom. The third kappa shape index (κ3) is 3.06. The Bertz CT molecular complexity index is 770. The molecule has 5 nitrogen and oxygen atoms in total. The molecule has 0 aliphatic heterocycles. The third-order valence-electron chi connectivity index (χ3n) is 2.29. The molecule has 0 unspecified atom stereocenters. The van der Waals surface area contributed by atoms with E-state index in [1.165, 1.54) is 30.3 Å². The molecule has 0 fully saturated rings. The molecule has 0 saturated carbocycles. The summed E-state index contributed by atoms with van der Waals surface area (Å²) in [6.07, 6.45) is 0. The van der Waals surface area contributed by atoms with Crippen LogP contribution in [-0.4, -0.2) is 19.5 Å². The van der Waals surface area contributed by atoms with Crippen LogP contribution in [0.25, 0.3) is 0 Å². The maximum Gasteiger partial charge on any atom is 0.339 e. The minimum absolute atomic E-state index is 0.0150. The molecule has 9 heteroatoms. The van der Waals surface area contributed by atoms with E-state index in [1.807, 2.05) is 0 Å². The second-order valence-corrected chi connectivity index (χ2v) is 7.66. The SMILES string of the molecule is O=C(O)c1c(Cl)cccc1NS(=O)(=O)c1ccc(Cl)s1. The molecule has 1 aromatic heterocycles. The number of aromatic carboxylic acids is 1. The van der Waals surface area contributed by atoms with Gasteiger partial charge in [-0.15, -0.1) is 11.3 Å². The first-order valence-corrected chi connectivity index (χ1v) is 8.17. The van der Waals surface area contributed by atoms with Crippen molar-refractivity contribution in [3.63, 3.8) is 0 Å². The number of nitrogens with one attached hydrogen (secondary N) is 1. The minimum atomic E-state index is -3.90. The lowest BCUT2D eigenvalue weighted by atomic mass is 10.2. The van der Waals surface area contributed by atoms with Gasteiger partial charge in [-0.2, -0.15) is 0 Å². The number of sulfonamides is 1. The van der Waals surface area contributed by atoms with E-state index in [9.17, 15) is 13.2 Å². The highest BCUT2D eigenvalue weighted by molar-refractivity contribution is 7.94. The highest BCUT2D eigenvalue weighted by atomic mass is 35.5. The van der Waals surface area contributed by atoms with Crippen molar-refractivity contribution in [3.05, 3.63) is 45.3 Å². The van der Waals surface area contributed by atoms with Crippen molar-refractivity contribution in [1.82, 2.24) is 0 Å². The lowest BCUT2D eigenvalue weighted by Crippen LogP contribution is -2.14. The van der Waals surface area contributed by atoms with Crippen molar-refractivity contribution < 1.29 is 18.3 Å². The first kappa shape index (κ1) is 15.1. The Balaban J connectivity index is 2.45. The number of halogens is 2. The van der Waals surface area contributed by atoms with E-state index in [1.54, 1.807) is 0 Å². The Morgan fingerprint density at radius 3 is 2.45 bits per heavy atom. The molecule has 1 aromatic carbocycles. The van der Waals surface area contributed by atoms with Crippen LogP contribution < -0.4 is 4.72 Å². The average molecular weight is 352 g/mol. The van der Waals surface area contributed by atoms with Gasteiger partial charge in [0.05, 0.1) is 15.0 Å². The number of carbonyl (C=O) groups is 1. The van der Waals surface area contributed by atoms with Crippen LogP contribution in [0.3, 0.4) is 0 Å². The molecule has 0 aliphatic rings. The molecule has 20 heavy (non-hydrogen) atoms. The van der Waals surface area contributed by atoms with Crippen LogP contribution in [-0.2, 0) is 10.0 Å². The molecular formula is C11H7Cl2NO4S2. The predicted molar refractivity (Wildman–Crippen MR) is 78.5 cm³/mol. The predicted octanol–water partition coefficient (Wildman–Crippen LogP) is 3.55. The summed E-state index contributed by atoms with van der Waals surface area (Å²) in [6.45, 7) is 0. The number of carboxylic acids is 1. The number of benzene rings is 1. The first-order chi connectivity index (χ1) is 9.31. The second-order valence-electron chi connectivity index (χ2n) is 3.63. The van der Waals surface area contributed by atoms with Gasteiger partial charge in [-0.25, -0.2) is 13.2 Å². The minimum Gasteiger partial charge on any atom is -0.478 e. The fraction of sp³-hybridized carbons (Fsp3) is 0. The van der Waals surface area contributed by atoms with Gasteiger partial charge >= 0.3 is 5.97 Å². The smallest absolute Gasteiger partial charge is 0.339 e. The molecule has 106 valence electrons. The van der Waals surface area contributed by atoms with Gasteiger partial charge in [-0.05, 0) is 24.3 Å². The van der Waals surface area contributed by atoms with Crippen LogP contribution in [0, 0.1) is 0 Å². The van der Waals surface area contributed by atoms with Crippen molar-refractivity contribution in [2.75, 3.05) is 4.72 Å². The van der Waals surface area contributed by atoms with Gasteiger partial charge in [0, 0.05) is 0 Å². The summed E-state index contributed by atoms with van der Waals surface area (Å²) in [4.78, 5) is 11.1. The van der Waals surface area contributed by atoms with Crippen LogP contribution in [0.5, 0.6) is 0 Å². The van der Waals surface area contributed by atoms with Crippen LogP contribution >= 0.6 is 34.5 Å². The molecule has 2 rings (SSSR count). The number of rotatable bonds is 4. The number of hydrogen-bond acceptors (Lipinski definition) is 4. The summed E-state index contributed by atoms with van der Waals surface area (Å²) in [6, 6.07) is 6.91. The van der Waals surface area contributed by atoms with Crippen molar-refractivity contribution in [2.45, 2.75) is 4.21 Å². The van der Waals surface area contributed by atoms with Crippen molar-refractivity contribution >= 4 is 56.2 Å². The van der Waals surface area contributed by atoms with Gasteiger partial charge in [0.2, 0.25) is 0 Å². The second kappa shape index (κ2) is 5.61. The number of thiophene rings is 1. The molecule has 1 heterocycles. The highest BCUT2D eigenvalue weighted by Gasteiger charge is 2.21. The van der Waals surface area contributed by atoms with E-state index < -0.39 is 16.0 Å². The molecule has 0 radical (unpaired) electrons. The molecule has 0 amide bonds. The topological polar surface area (TPSA) is 83.5 Å². The van der Waals surface area contributed by atoms with Crippen molar-refractivity contribution in [1.29, 1.82) is 0 Å². The quantitative estimate of drug-likeness (QED) is 0.881. The van der Waals surface area contributed by atoms with E-state index in [0.717, 1.165) is 11.3 Å². The molecule has 0 bridgehead atoms. The van der Waals surface area contributed by atoms with Crippen molar-refractivity contribution in [2.24, 2.45) is 0 Å². The summed E-state index contributed by atoms with van der Waals surface area (Å²) >= 11 is 12.3. The van der Waals surface area contributed by atoms with Gasteiger partial charge < -0.3 is 5.11 Å². The molecular weight excluding hydrogens is 345 g/mol. The van der Waals surface area contributed by atoms with Gasteiger partial charge in [-0.3, -0.25) is 4.72 Å². The normalized spacial score (nSPS) is 11.3. The van der Waals surface area contributed by atoms with Crippen LogP contribution in [0.15, 0.2) is 34.5 Å². The van der Waals surface area contributed by atoms with Crippen molar-refractivity contribution in [3.8, 4) is 0 Å². The fourth-order valence-corrected chi connectivity index (χ4v) is 4.27. The fourth-order valence-electron chi connectivity index (χ4n) is 1.46. The number of hydrogen-bond donors (Lipinski definition) is 2. The molecule has 0 aliphatic carbocycles. The van der Waals surface area contributed by atoms with Gasteiger partial charge in [0.15, 0.2) is 0 Å². The summed E-state index contributed by atoms with van der Waals surface area (Å²) in [5.74, 6) is -1.32. The van der Waals surface area contributed by atoms with Gasteiger partial charge in [-0.1, -0.05) is 29.3 Å².